The van der Waals surface area contributed by atoms with Crippen LogP contribution in [0.4, 0.5) is 0 Å². The van der Waals surface area contributed by atoms with E-state index in [9.17, 15) is 4.79 Å². The first-order valence-corrected chi connectivity index (χ1v) is 6.49. The highest BCUT2D eigenvalue weighted by molar-refractivity contribution is 7.99. The Balaban J connectivity index is 3.85. The Morgan fingerprint density at radius 1 is 1.47 bits per heavy atom. The Hall–Kier alpha value is -0.220. The second-order valence-corrected chi connectivity index (χ2v) is 6.25. The lowest BCUT2D eigenvalue weighted by atomic mass is 10.1. The first-order valence-electron chi connectivity index (χ1n) is 5.27. The molecule has 4 heteroatoms. The molecule has 1 N–H and O–H groups in total. The summed E-state index contributed by atoms with van der Waals surface area (Å²) in [7, 11) is 3.59. The fraction of sp³-hybridized carbons (Fsp3) is 0.909. The Labute approximate surface area is 98.0 Å². The van der Waals surface area contributed by atoms with Gasteiger partial charge in [0.15, 0.2) is 0 Å². The van der Waals surface area contributed by atoms with Crippen molar-refractivity contribution in [3.8, 4) is 0 Å². The molecule has 0 aromatic heterocycles. The number of carbonyl (C=O) groups is 1. The van der Waals surface area contributed by atoms with E-state index < -0.39 is 0 Å². The van der Waals surface area contributed by atoms with E-state index in [2.05, 4.69) is 32.3 Å². The fourth-order valence-corrected chi connectivity index (χ4v) is 1.24. The third-order valence-corrected chi connectivity index (χ3v) is 3.66. The number of rotatable bonds is 6. The van der Waals surface area contributed by atoms with Crippen molar-refractivity contribution in [1.82, 2.24) is 10.2 Å². The second kappa shape index (κ2) is 6.38. The molecule has 0 saturated heterocycles. The number of nitrogens with one attached hydrogen (secondary N) is 1. The van der Waals surface area contributed by atoms with Gasteiger partial charge in [0.25, 0.3) is 0 Å². The van der Waals surface area contributed by atoms with Crippen molar-refractivity contribution in [3.63, 3.8) is 0 Å². The van der Waals surface area contributed by atoms with Gasteiger partial charge in [-0.3, -0.25) is 4.79 Å². The van der Waals surface area contributed by atoms with Gasteiger partial charge in [-0.05, 0) is 27.0 Å². The minimum Gasteiger partial charge on any atom is -0.349 e. The molecule has 0 rings (SSSR count). The SMILES string of the molecule is CSC(C)(C)CNC(C)CC(=O)N(C)C. The predicted molar refractivity (Wildman–Crippen MR) is 68.4 cm³/mol. The molecular formula is C11H24N2OS. The van der Waals surface area contributed by atoms with Gasteiger partial charge in [0.1, 0.15) is 0 Å². The number of hydrogen-bond acceptors (Lipinski definition) is 3. The molecule has 0 saturated carbocycles. The number of nitrogens with zero attached hydrogens (tertiary/aromatic N) is 1. The van der Waals surface area contributed by atoms with Crippen molar-refractivity contribution in [1.29, 1.82) is 0 Å². The monoisotopic (exact) mass is 232 g/mol. The zero-order valence-corrected chi connectivity index (χ0v) is 11.6. The summed E-state index contributed by atoms with van der Waals surface area (Å²) in [4.78, 5) is 13.1. The maximum Gasteiger partial charge on any atom is 0.223 e. The van der Waals surface area contributed by atoms with E-state index in [4.69, 9.17) is 0 Å². The summed E-state index contributed by atoms with van der Waals surface area (Å²) in [5.74, 6) is 0.178. The Kier molecular flexibility index (Phi) is 6.29. The third kappa shape index (κ3) is 6.79. The Morgan fingerprint density at radius 2 is 2.00 bits per heavy atom. The summed E-state index contributed by atoms with van der Waals surface area (Å²) < 4.78 is 0.232. The van der Waals surface area contributed by atoms with E-state index >= 15 is 0 Å². The Morgan fingerprint density at radius 3 is 2.40 bits per heavy atom. The highest BCUT2D eigenvalue weighted by Gasteiger charge is 2.18. The van der Waals surface area contributed by atoms with E-state index in [-0.39, 0.29) is 16.7 Å². The van der Waals surface area contributed by atoms with Crippen LogP contribution in [-0.2, 0) is 4.79 Å². The summed E-state index contributed by atoms with van der Waals surface area (Å²) in [5, 5.41) is 3.39. The lowest BCUT2D eigenvalue weighted by Crippen LogP contribution is -2.40. The van der Waals surface area contributed by atoms with Gasteiger partial charge in [0, 0.05) is 37.8 Å². The van der Waals surface area contributed by atoms with Gasteiger partial charge in [-0.1, -0.05) is 0 Å². The topological polar surface area (TPSA) is 32.3 Å². The zero-order valence-electron chi connectivity index (χ0n) is 10.8. The fourth-order valence-electron chi connectivity index (χ4n) is 1.01. The van der Waals surface area contributed by atoms with Crippen LogP contribution in [0.25, 0.3) is 0 Å². The molecule has 1 amide bonds. The Bertz CT molecular complexity index is 205. The molecule has 0 aliphatic heterocycles. The standard InChI is InChI=1S/C11H24N2OS/c1-9(7-10(14)13(4)5)12-8-11(2,3)15-6/h9,12H,7-8H2,1-6H3. The van der Waals surface area contributed by atoms with Crippen molar-refractivity contribution in [3.05, 3.63) is 0 Å². The van der Waals surface area contributed by atoms with E-state index in [1.54, 1.807) is 19.0 Å². The molecule has 0 aliphatic rings. The van der Waals surface area contributed by atoms with Crippen molar-refractivity contribution < 1.29 is 4.79 Å². The van der Waals surface area contributed by atoms with Crippen molar-refractivity contribution in [2.75, 3.05) is 26.9 Å². The number of carbonyl (C=O) groups excluding carboxylic acids is 1. The molecule has 0 bridgehead atoms. The van der Waals surface area contributed by atoms with Gasteiger partial charge >= 0.3 is 0 Å². The molecule has 1 atom stereocenters. The van der Waals surface area contributed by atoms with Gasteiger partial charge in [-0.15, -0.1) is 0 Å². The van der Waals surface area contributed by atoms with E-state index in [0.29, 0.717) is 6.42 Å². The zero-order chi connectivity index (χ0) is 12.1. The van der Waals surface area contributed by atoms with Crippen LogP contribution >= 0.6 is 11.8 Å². The summed E-state index contributed by atoms with van der Waals surface area (Å²) in [6.45, 7) is 7.38. The molecule has 0 aromatic rings. The smallest absolute Gasteiger partial charge is 0.223 e. The van der Waals surface area contributed by atoms with E-state index in [0.717, 1.165) is 6.54 Å². The number of hydrogen-bond donors (Lipinski definition) is 1. The van der Waals surface area contributed by atoms with Crippen molar-refractivity contribution in [2.45, 2.75) is 38.0 Å². The van der Waals surface area contributed by atoms with Crippen LogP contribution in [0.1, 0.15) is 27.2 Å². The summed E-state index contributed by atoms with van der Waals surface area (Å²) in [6.07, 6.45) is 2.68. The second-order valence-electron chi connectivity index (χ2n) is 4.74. The van der Waals surface area contributed by atoms with Gasteiger partial charge < -0.3 is 10.2 Å². The first-order chi connectivity index (χ1) is 6.78. The molecule has 1 unspecified atom stereocenters. The average molecular weight is 232 g/mol. The maximum absolute atomic E-state index is 11.4. The molecule has 90 valence electrons. The predicted octanol–water partition coefficient (Wildman–Crippen LogP) is 1.58. The molecule has 0 aliphatic carbocycles. The van der Waals surface area contributed by atoms with Crippen LogP contribution in [0.2, 0.25) is 0 Å². The minimum absolute atomic E-state index is 0.178. The molecular weight excluding hydrogens is 208 g/mol. The normalized spacial score (nSPS) is 13.7. The van der Waals surface area contributed by atoms with Crippen molar-refractivity contribution >= 4 is 17.7 Å². The van der Waals surface area contributed by atoms with Crippen molar-refractivity contribution in [2.24, 2.45) is 0 Å². The van der Waals surface area contributed by atoms with Gasteiger partial charge in [0.05, 0.1) is 0 Å². The minimum atomic E-state index is 0.178. The van der Waals surface area contributed by atoms with Crippen LogP contribution in [-0.4, -0.2) is 48.5 Å². The quantitative estimate of drug-likeness (QED) is 0.755. The van der Waals surface area contributed by atoms with Gasteiger partial charge in [-0.2, -0.15) is 11.8 Å². The third-order valence-electron chi connectivity index (χ3n) is 2.41. The van der Waals surface area contributed by atoms with Crippen LogP contribution in [0.5, 0.6) is 0 Å². The van der Waals surface area contributed by atoms with E-state index in [1.165, 1.54) is 0 Å². The largest absolute Gasteiger partial charge is 0.349 e. The molecule has 15 heavy (non-hydrogen) atoms. The molecule has 0 fully saturated rings. The molecule has 3 nitrogen and oxygen atoms in total. The number of thioether (sulfide) groups is 1. The van der Waals surface area contributed by atoms with Crippen LogP contribution in [0.15, 0.2) is 0 Å². The van der Waals surface area contributed by atoms with Gasteiger partial charge in [-0.25, -0.2) is 0 Å². The van der Waals surface area contributed by atoms with E-state index in [1.807, 2.05) is 11.8 Å². The lowest BCUT2D eigenvalue weighted by Gasteiger charge is -2.25. The highest BCUT2D eigenvalue weighted by atomic mass is 32.2. The summed E-state index contributed by atoms with van der Waals surface area (Å²) >= 11 is 1.84. The first kappa shape index (κ1) is 14.8. The number of amides is 1. The molecule has 0 aromatic carbocycles. The summed E-state index contributed by atoms with van der Waals surface area (Å²) in [6, 6.07) is 0.242. The van der Waals surface area contributed by atoms with Gasteiger partial charge in [0.2, 0.25) is 5.91 Å². The van der Waals surface area contributed by atoms with Crippen LogP contribution in [0.3, 0.4) is 0 Å². The van der Waals surface area contributed by atoms with Crippen LogP contribution < -0.4 is 5.32 Å². The van der Waals surface area contributed by atoms with Crippen LogP contribution in [0, 0.1) is 0 Å². The average Bonchev–Trinajstić information content (AvgIpc) is 2.15. The lowest BCUT2D eigenvalue weighted by molar-refractivity contribution is -0.129. The molecule has 0 spiro atoms. The molecule has 0 heterocycles. The molecule has 0 radical (unpaired) electrons. The summed E-state index contributed by atoms with van der Waals surface area (Å²) in [5.41, 5.74) is 0. The maximum atomic E-state index is 11.4. The highest BCUT2D eigenvalue weighted by Crippen LogP contribution is 2.19.